The molecule has 7 nitrogen and oxygen atoms in total. The minimum atomic E-state index is 0.597. The first-order valence-electron chi connectivity index (χ1n) is 14.3. The number of aromatic nitrogens is 6. The van der Waals surface area contributed by atoms with E-state index in [1.807, 2.05) is 103 Å². The molecule has 206 valence electrons. The van der Waals surface area contributed by atoms with Crippen molar-refractivity contribution < 1.29 is 4.42 Å². The first kappa shape index (κ1) is 24.4. The summed E-state index contributed by atoms with van der Waals surface area (Å²) in [5.74, 6) is 1.85. The summed E-state index contributed by atoms with van der Waals surface area (Å²) >= 11 is 0. The van der Waals surface area contributed by atoms with Crippen LogP contribution in [-0.4, -0.2) is 29.5 Å². The van der Waals surface area contributed by atoms with Crippen LogP contribution in [0.1, 0.15) is 0 Å². The van der Waals surface area contributed by atoms with E-state index in [0.29, 0.717) is 17.5 Å². The second-order valence-electron chi connectivity index (χ2n) is 10.6. The van der Waals surface area contributed by atoms with Gasteiger partial charge in [0, 0.05) is 38.5 Å². The van der Waals surface area contributed by atoms with Crippen molar-refractivity contribution in [1.82, 2.24) is 29.5 Å². The Morgan fingerprint density at radius 3 is 1.93 bits per heavy atom. The van der Waals surface area contributed by atoms with Gasteiger partial charge >= 0.3 is 0 Å². The smallest absolute Gasteiger partial charge is 0.164 e. The minimum absolute atomic E-state index is 0.597. The number of nitrogens with zero attached hydrogens (tertiary/aromatic N) is 6. The van der Waals surface area contributed by atoms with Crippen molar-refractivity contribution in [2.24, 2.45) is 0 Å². The number of rotatable bonds is 4. The third-order valence-corrected chi connectivity index (χ3v) is 7.99. The van der Waals surface area contributed by atoms with Crippen LogP contribution in [0.25, 0.3) is 83.7 Å². The second kappa shape index (κ2) is 9.68. The molecule has 5 aromatic carbocycles. The molecule has 44 heavy (non-hydrogen) atoms. The van der Waals surface area contributed by atoms with E-state index in [4.69, 9.17) is 24.4 Å². The van der Waals surface area contributed by atoms with Crippen molar-refractivity contribution in [3.63, 3.8) is 0 Å². The molecule has 4 heterocycles. The van der Waals surface area contributed by atoms with Gasteiger partial charge in [-0.2, -0.15) is 0 Å². The van der Waals surface area contributed by atoms with Gasteiger partial charge in [0.05, 0.1) is 17.2 Å². The van der Waals surface area contributed by atoms with Crippen LogP contribution >= 0.6 is 0 Å². The largest absolute Gasteiger partial charge is 0.456 e. The van der Waals surface area contributed by atoms with Crippen LogP contribution in [-0.2, 0) is 0 Å². The summed E-state index contributed by atoms with van der Waals surface area (Å²) in [6.45, 7) is 0. The Labute approximate surface area is 251 Å². The zero-order valence-electron chi connectivity index (χ0n) is 23.3. The highest BCUT2D eigenvalue weighted by Gasteiger charge is 2.20. The van der Waals surface area contributed by atoms with Crippen molar-refractivity contribution >= 4 is 43.9 Å². The molecule has 0 N–H and O–H groups in total. The molecule has 0 unspecified atom stereocenters. The lowest BCUT2D eigenvalue weighted by molar-refractivity contribution is 0.669. The van der Waals surface area contributed by atoms with Gasteiger partial charge < -0.3 is 8.98 Å². The van der Waals surface area contributed by atoms with E-state index in [-0.39, 0.29) is 0 Å². The molecule has 0 atom stereocenters. The Morgan fingerprint density at radius 2 is 1.18 bits per heavy atom. The molecule has 4 aromatic heterocycles. The standard InChI is InChI=1S/C37H22N6O/c1-3-10-23(11-4-1)35-40-36(24-12-5-2-6-13-24)42-37(41-35)25-14-9-15-26(20-25)43-28-18-19-31-32(27-16-7-8-17-30(27)44-31)33(28)34-29(43)21-38-22-39-34/h1-22H. The molecule has 9 rings (SSSR count). The maximum absolute atomic E-state index is 6.22. The summed E-state index contributed by atoms with van der Waals surface area (Å²) in [5.41, 5.74) is 8.16. The van der Waals surface area contributed by atoms with Gasteiger partial charge in [-0.25, -0.2) is 24.9 Å². The first-order valence-corrected chi connectivity index (χ1v) is 14.3. The van der Waals surface area contributed by atoms with Crippen LogP contribution in [0, 0.1) is 0 Å². The fourth-order valence-electron chi connectivity index (χ4n) is 6.04. The average molecular weight is 567 g/mol. The monoisotopic (exact) mass is 566 g/mol. The van der Waals surface area contributed by atoms with E-state index in [1.54, 1.807) is 6.33 Å². The molecule has 0 saturated heterocycles. The summed E-state index contributed by atoms with van der Waals surface area (Å²) in [7, 11) is 0. The molecule has 0 bridgehead atoms. The van der Waals surface area contributed by atoms with Crippen molar-refractivity contribution in [1.29, 1.82) is 0 Å². The highest BCUT2D eigenvalue weighted by molar-refractivity contribution is 6.26. The Kier molecular flexibility index (Phi) is 5.36. The molecule has 0 saturated carbocycles. The normalized spacial score (nSPS) is 11.6. The van der Waals surface area contributed by atoms with Gasteiger partial charge in [-0.3, -0.25) is 0 Å². The molecule has 0 aliphatic rings. The van der Waals surface area contributed by atoms with Gasteiger partial charge in [-0.15, -0.1) is 0 Å². The number of hydrogen-bond donors (Lipinski definition) is 0. The highest BCUT2D eigenvalue weighted by Crippen LogP contribution is 2.40. The molecular weight excluding hydrogens is 544 g/mol. The number of benzene rings is 5. The fraction of sp³-hybridized carbons (Fsp3) is 0. The zero-order valence-corrected chi connectivity index (χ0v) is 23.3. The van der Waals surface area contributed by atoms with E-state index in [9.17, 15) is 0 Å². The van der Waals surface area contributed by atoms with E-state index >= 15 is 0 Å². The van der Waals surface area contributed by atoms with Crippen molar-refractivity contribution in [3.8, 4) is 39.9 Å². The number of furan rings is 1. The summed E-state index contributed by atoms with van der Waals surface area (Å²) in [5, 5.41) is 3.15. The van der Waals surface area contributed by atoms with E-state index in [1.165, 1.54) is 0 Å². The van der Waals surface area contributed by atoms with E-state index in [0.717, 1.165) is 66.3 Å². The first-order chi connectivity index (χ1) is 21.8. The summed E-state index contributed by atoms with van der Waals surface area (Å²) < 4.78 is 8.42. The highest BCUT2D eigenvalue weighted by atomic mass is 16.3. The summed E-state index contributed by atoms with van der Waals surface area (Å²) in [4.78, 5) is 23.9. The molecule has 0 amide bonds. The van der Waals surface area contributed by atoms with Gasteiger partial charge in [0.2, 0.25) is 0 Å². The topological polar surface area (TPSA) is 82.5 Å². The molecule has 0 spiro atoms. The number of hydrogen-bond acceptors (Lipinski definition) is 6. The second-order valence-corrected chi connectivity index (χ2v) is 10.6. The summed E-state index contributed by atoms with van der Waals surface area (Å²) in [6, 6.07) is 40.5. The predicted molar refractivity (Wildman–Crippen MR) is 173 cm³/mol. The minimum Gasteiger partial charge on any atom is -0.456 e. The molecular formula is C37H22N6O. The van der Waals surface area contributed by atoms with Crippen molar-refractivity contribution in [2.45, 2.75) is 0 Å². The van der Waals surface area contributed by atoms with Crippen LogP contribution < -0.4 is 0 Å². The zero-order chi connectivity index (χ0) is 29.0. The predicted octanol–water partition coefficient (Wildman–Crippen LogP) is 8.66. The Balaban J connectivity index is 1.28. The Morgan fingerprint density at radius 1 is 0.523 bits per heavy atom. The van der Waals surface area contributed by atoms with Crippen LogP contribution in [0.2, 0.25) is 0 Å². The maximum Gasteiger partial charge on any atom is 0.164 e. The molecule has 9 aromatic rings. The van der Waals surface area contributed by atoms with Gasteiger partial charge in [0.1, 0.15) is 23.0 Å². The van der Waals surface area contributed by atoms with E-state index in [2.05, 4.69) is 33.8 Å². The Bertz CT molecular complexity index is 2440. The maximum atomic E-state index is 6.22. The quantitative estimate of drug-likeness (QED) is 0.212. The van der Waals surface area contributed by atoms with Gasteiger partial charge in [0.15, 0.2) is 17.5 Å². The van der Waals surface area contributed by atoms with Crippen LogP contribution in [0.4, 0.5) is 0 Å². The lowest BCUT2D eigenvalue weighted by Crippen LogP contribution is -2.01. The third-order valence-electron chi connectivity index (χ3n) is 7.99. The molecule has 0 aliphatic heterocycles. The molecule has 0 radical (unpaired) electrons. The van der Waals surface area contributed by atoms with Gasteiger partial charge in [-0.1, -0.05) is 91.0 Å². The van der Waals surface area contributed by atoms with Crippen molar-refractivity contribution in [2.75, 3.05) is 0 Å². The SMILES string of the molecule is c1ccc(-c2nc(-c3ccccc3)nc(-c3cccc(-n4c5cncnc5c5c6c(ccc54)oc4ccccc46)c3)n2)cc1. The Hall–Kier alpha value is -6.21. The molecule has 7 heteroatoms. The molecule has 0 fully saturated rings. The van der Waals surface area contributed by atoms with E-state index < -0.39 is 0 Å². The molecule has 0 aliphatic carbocycles. The van der Waals surface area contributed by atoms with Crippen LogP contribution in [0.3, 0.4) is 0 Å². The lowest BCUT2D eigenvalue weighted by Gasteiger charge is -2.11. The third kappa shape index (κ3) is 3.80. The average Bonchev–Trinajstić information content (AvgIpc) is 3.64. The van der Waals surface area contributed by atoms with Crippen LogP contribution in [0.15, 0.2) is 138 Å². The number of fused-ring (bicyclic) bond motifs is 7. The fourth-order valence-corrected chi connectivity index (χ4v) is 6.04. The van der Waals surface area contributed by atoms with Gasteiger partial charge in [0.25, 0.3) is 0 Å². The van der Waals surface area contributed by atoms with Crippen LogP contribution in [0.5, 0.6) is 0 Å². The van der Waals surface area contributed by atoms with Crippen molar-refractivity contribution in [3.05, 3.63) is 134 Å². The summed E-state index contributed by atoms with van der Waals surface area (Å²) in [6.07, 6.45) is 3.47. The number of para-hydroxylation sites is 1. The van der Waals surface area contributed by atoms with Gasteiger partial charge in [-0.05, 0) is 30.3 Å². The lowest BCUT2D eigenvalue weighted by atomic mass is 10.1.